The molecule has 18 heavy (non-hydrogen) atoms. The van der Waals surface area contributed by atoms with E-state index in [1.54, 1.807) is 0 Å². The van der Waals surface area contributed by atoms with Crippen molar-refractivity contribution in [3.05, 3.63) is 35.4 Å². The van der Waals surface area contributed by atoms with Crippen molar-refractivity contribution in [3.63, 3.8) is 0 Å². The zero-order chi connectivity index (χ0) is 13.2. The van der Waals surface area contributed by atoms with Gasteiger partial charge in [0, 0.05) is 0 Å². The van der Waals surface area contributed by atoms with Crippen LogP contribution in [-0.4, -0.2) is 12.6 Å². The fourth-order valence-corrected chi connectivity index (χ4v) is 1.83. The van der Waals surface area contributed by atoms with Crippen LogP contribution in [0.5, 0.6) is 0 Å². The highest BCUT2D eigenvalue weighted by Crippen LogP contribution is 2.08. The SMILES string of the molecule is CCCCCCCOC(=O)c1ccc(CC)cc1. The number of hydrogen-bond donors (Lipinski definition) is 0. The zero-order valence-corrected chi connectivity index (χ0v) is 11.6. The van der Waals surface area contributed by atoms with Crippen molar-refractivity contribution in [2.24, 2.45) is 0 Å². The topological polar surface area (TPSA) is 26.3 Å². The van der Waals surface area contributed by atoms with E-state index in [4.69, 9.17) is 4.74 Å². The van der Waals surface area contributed by atoms with Crippen LogP contribution >= 0.6 is 0 Å². The molecule has 100 valence electrons. The summed E-state index contributed by atoms with van der Waals surface area (Å²) in [6, 6.07) is 7.66. The average Bonchev–Trinajstić information content (AvgIpc) is 2.42. The molecule has 0 aliphatic carbocycles. The first-order valence-corrected chi connectivity index (χ1v) is 7.04. The summed E-state index contributed by atoms with van der Waals surface area (Å²) >= 11 is 0. The molecule has 0 amide bonds. The van der Waals surface area contributed by atoms with Crippen LogP contribution in [0.2, 0.25) is 0 Å². The molecule has 0 aliphatic heterocycles. The number of benzene rings is 1. The minimum absolute atomic E-state index is 0.201. The van der Waals surface area contributed by atoms with Gasteiger partial charge in [0.15, 0.2) is 0 Å². The monoisotopic (exact) mass is 248 g/mol. The quantitative estimate of drug-likeness (QED) is 0.504. The molecule has 0 saturated heterocycles. The van der Waals surface area contributed by atoms with Gasteiger partial charge < -0.3 is 4.74 Å². The molecular weight excluding hydrogens is 224 g/mol. The third-order valence-corrected chi connectivity index (χ3v) is 3.08. The lowest BCUT2D eigenvalue weighted by molar-refractivity contribution is 0.0497. The number of rotatable bonds is 8. The summed E-state index contributed by atoms with van der Waals surface area (Å²) in [7, 11) is 0. The summed E-state index contributed by atoms with van der Waals surface area (Å²) in [5, 5.41) is 0. The Labute approximate surface area is 110 Å². The van der Waals surface area contributed by atoms with Crippen molar-refractivity contribution in [2.45, 2.75) is 52.4 Å². The van der Waals surface area contributed by atoms with Gasteiger partial charge in [-0.3, -0.25) is 0 Å². The number of carbonyl (C=O) groups excluding carboxylic acids is 1. The Balaban J connectivity index is 2.23. The lowest BCUT2D eigenvalue weighted by atomic mass is 10.1. The van der Waals surface area contributed by atoms with Crippen LogP contribution in [0.1, 0.15) is 61.9 Å². The van der Waals surface area contributed by atoms with E-state index >= 15 is 0 Å². The predicted octanol–water partition coefficient (Wildman–Crippen LogP) is 4.38. The van der Waals surface area contributed by atoms with Gasteiger partial charge >= 0.3 is 5.97 Å². The zero-order valence-electron chi connectivity index (χ0n) is 11.6. The molecule has 0 spiro atoms. The summed E-state index contributed by atoms with van der Waals surface area (Å²) in [4.78, 5) is 11.7. The molecule has 1 aromatic carbocycles. The molecule has 2 heteroatoms. The van der Waals surface area contributed by atoms with Gasteiger partial charge in [0.25, 0.3) is 0 Å². The van der Waals surface area contributed by atoms with Gasteiger partial charge in [-0.05, 0) is 30.5 Å². The van der Waals surface area contributed by atoms with Crippen LogP contribution in [0.3, 0.4) is 0 Å². The molecule has 0 atom stereocenters. The van der Waals surface area contributed by atoms with Gasteiger partial charge in [0.1, 0.15) is 0 Å². The molecule has 0 saturated carbocycles. The number of hydrogen-bond acceptors (Lipinski definition) is 2. The minimum atomic E-state index is -0.201. The Hall–Kier alpha value is -1.31. The maximum absolute atomic E-state index is 11.7. The highest BCUT2D eigenvalue weighted by Gasteiger charge is 2.05. The van der Waals surface area contributed by atoms with Gasteiger partial charge in [-0.25, -0.2) is 4.79 Å². The molecule has 1 rings (SSSR count). The van der Waals surface area contributed by atoms with Crippen LogP contribution in [0.4, 0.5) is 0 Å². The van der Waals surface area contributed by atoms with Crippen LogP contribution in [0, 0.1) is 0 Å². The van der Waals surface area contributed by atoms with E-state index in [1.165, 1.54) is 24.8 Å². The summed E-state index contributed by atoms with van der Waals surface area (Å²) in [5.74, 6) is -0.201. The van der Waals surface area contributed by atoms with Gasteiger partial charge in [-0.1, -0.05) is 51.7 Å². The summed E-state index contributed by atoms with van der Waals surface area (Å²) in [5.41, 5.74) is 1.90. The molecule has 0 aromatic heterocycles. The minimum Gasteiger partial charge on any atom is -0.462 e. The molecule has 2 nitrogen and oxygen atoms in total. The number of unbranched alkanes of at least 4 members (excludes halogenated alkanes) is 4. The molecule has 1 aromatic rings. The second-order valence-electron chi connectivity index (χ2n) is 4.60. The maximum Gasteiger partial charge on any atom is 0.338 e. The fourth-order valence-electron chi connectivity index (χ4n) is 1.83. The van der Waals surface area contributed by atoms with Crippen LogP contribution < -0.4 is 0 Å². The average molecular weight is 248 g/mol. The van der Waals surface area contributed by atoms with E-state index in [1.807, 2.05) is 24.3 Å². The number of ether oxygens (including phenoxy) is 1. The third kappa shape index (κ3) is 5.35. The molecule has 0 unspecified atom stereocenters. The standard InChI is InChI=1S/C16H24O2/c1-3-5-6-7-8-13-18-16(17)15-11-9-14(4-2)10-12-15/h9-12H,3-8,13H2,1-2H3. The van der Waals surface area contributed by atoms with Crippen molar-refractivity contribution < 1.29 is 9.53 Å². The highest BCUT2D eigenvalue weighted by atomic mass is 16.5. The Bertz CT molecular complexity index is 341. The first-order chi connectivity index (χ1) is 8.77. The van der Waals surface area contributed by atoms with Crippen molar-refractivity contribution in [2.75, 3.05) is 6.61 Å². The smallest absolute Gasteiger partial charge is 0.338 e. The fraction of sp³-hybridized carbons (Fsp3) is 0.562. The maximum atomic E-state index is 11.7. The van der Waals surface area contributed by atoms with E-state index < -0.39 is 0 Å². The molecule has 0 N–H and O–H groups in total. The van der Waals surface area contributed by atoms with Gasteiger partial charge in [0.05, 0.1) is 12.2 Å². The van der Waals surface area contributed by atoms with Crippen molar-refractivity contribution in [1.82, 2.24) is 0 Å². The van der Waals surface area contributed by atoms with Crippen LogP contribution in [0.25, 0.3) is 0 Å². The molecule has 0 heterocycles. The third-order valence-electron chi connectivity index (χ3n) is 3.08. The van der Waals surface area contributed by atoms with E-state index in [9.17, 15) is 4.79 Å². The van der Waals surface area contributed by atoms with Crippen molar-refractivity contribution >= 4 is 5.97 Å². The Morgan fingerprint density at radius 3 is 2.28 bits per heavy atom. The summed E-state index contributed by atoms with van der Waals surface area (Å²) < 4.78 is 5.24. The van der Waals surface area contributed by atoms with Crippen LogP contribution in [0.15, 0.2) is 24.3 Å². The Morgan fingerprint density at radius 1 is 1.00 bits per heavy atom. The first kappa shape index (κ1) is 14.7. The largest absolute Gasteiger partial charge is 0.462 e. The van der Waals surface area contributed by atoms with E-state index in [0.717, 1.165) is 19.3 Å². The lowest BCUT2D eigenvalue weighted by Gasteiger charge is -2.05. The normalized spacial score (nSPS) is 10.3. The molecule has 0 radical (unpaired) electrons. The summed E-state index contributed by atoms with van der Waals surface area (Å²) in [6.07, 6.45) is 6.86. The van der Waals surface area contributed by atoms with E-state index in [2.05, 4.69) is 13.8 Å². The molecule has 0 bridgehead atoms. The Morgan fingerprint density at radius 2 is 1.67 bits per heavy atom. The summed E-state index contributed by atoms with van der Waals surface area (Å²) in [6.45, 7) is 4.84. The second kappa shape index (κ2) is 8.73. The van der Waals surface area contributed by atoms with Crippen molar-refractivity contribution in [1.29, 1.82) is 0 Å². The predicted molar refractivity (Wildman–Crippen MR) is 74.9 cm³/mol. The van der Waals surface area contributed by atoms with Crippen molar-refractivity contribution in [3.8, 4) is 0 Å². The number of esters is 1. The van der Waals surface area contributed by atoms with E-state index in [0.29, 0.717) is 12.2 Å². The van der Waals surface area contributed by atoms with Gasteiger partial charge in [-0.2, -0.15) is 0 Å². The number of carbonyl (C=O) groups is 1. The van der Waals surface area contributed by atoms with Gasteiger partial charge in [-0.15, -0.1) is 0 Å². The molecule has 0 fully saturated rings. The lowest BCUT2D eigenvalue weighted by Crippen LogP contribution is -2.06. The highest BCUT2D eigenvalue weighted by molar-refractivity contribution is 5.89. The Kier molecular flexibility index (Phi) is 7.16. The van der Waals surface area contributed by atoms with E-state index in [-0.39, 0.29) is 5.97 Å². The van der Waals surface area contributed by atoms with Gasteiger partial charge in [0.2, 0.25) is 0 Å². The van der Waals surface area contributed by atoms with Crippen LogP contribution in [-0.2, 0) is 11.2 Å². The molecular formula is C16H24O2. The number of aryl methyl sites for hydroxylation is 1. The first-order valence-electron chi connectivity index (χ1n) is 7.04. The molecule has 0 aliphatic rings. The second-order valence-corrected chi connectivity index (χ2v) is 4.60.